The van der Waals surface area contributed by atoms with Crippen LogP contribution in [0, 0.1) is 0 Å². The average molecular weight is 337 g/mol. The monoisotopic (exact) mass is 337 g/mol. The number of carbonyl (C=O) groups is 1. The lowest BCUT2D eigenvalue weighted by Gasteiger charge is -2.14. The first-order chi connectivity index (χ1) is 12.2. The van der Waals surface area contributed by atoms with Gasteiger partial charge >= 0.3 is 5.69 Å². The molecule has 2 fully saturated rings. The van der Waals surface area contributed by atoms with E-state index in [0.29, 0.717) is 11.6 Å². The summed E-state index contributed by atoms with van der Waals surface area (Å²) in [7, 11) is 0. The van der Waals surface area contributed by atoms with Crippen LogP contribution in [0.15, 0.2) is 29.1 Å². The Labute approximate surface area is 143 Å². The van der Waals surface area contributed by atoms with Crippen LogP contribution in [0.4, 0.5) is 0 Å². The van der Waals surface area contributed by atoms with Gasteiger partial charge in [0.15, 0.2) is 5.65 Å². The maximum atomic E-state index is 12.9. The van der Waals surface area contributed by atoms with Crippen LogP contribution in [0.25, 0.3) is 16.6 Å². The smallest absolute Gasteiger partial charge is 0.341 e. The van der Waals surface area contributed by atoms with Gasteiger partial charge < -0.3 is 4.90 Å². The van der Waals surface area contributed by atoms with Gasteiger partial charge in [0.25, 0.3) is 0 Å². The molecule has 1 aliphatic carbocycles. The number of fused-ring (bicyclic) bond motifs is 3. The number of benzene rings is 1. The van der Waals surface area contributed by atoms with Gasteiger partial charge in [0.05, 0.1) is 5.52 Å². The number of likely N-dealkylation sites (tertiary alicyclic amines) is 1. The van der Waals surface area contributed by atoms with Crippen LogP contribution < -0.4 is 5.69 Å². The van der Waals surface area contributed by atoms with Crippen LogP contribution in [0.1, 0.15) is 37.4 Å². The highest BCUT2D eigenvalue weighted by Gasteiger charge is 2.30. The topological polar surface area (TPSA) is 72.5 Å². The molecule has 0 unspecified atom stereocenters. The highest BCUT2D eigenvalue weighted by molar-refractivity contribution is 5.91. The Bertz CT molecular complexity index is 1040. The Kier molecular flexibility index (Phi) is 3.16. The summed E-state index contributed by atoms with van der Waals surface area (Å²) in [5, 5.41) is 5.35. The van der Waals surface area contributed by atoms with Gasteiger partial charge in [0.1, 0.15) is 12.4 Å². The van der Waals surface area contributed by atoms with Gasteiger partial charge in [-0.1, -0.05) is 12.1 Å². The highest BCUT2D eigenvalue weighted by atomic mass is 16.2. The largest absolute Gasteiger partial charge is 0.352 e. The van der Waals surface area contributed by atoms with Gasteiger partial charge in [0, 0.05) is 24.4 Å². The Balaban J connectivity index is 1.66. The molecule has 1 aromatic carbocycles. The summed E-state index contributed by atoms with van der Waals surface area (Å²) in [6.45, 7) is 1.55. The molecule has 7 nitrogen and oxygen atoms in total. The van der Waals surface area contributed by atoms with E-state index in [4.69, 9.17) is 4.98 Å². The molecule has 7 heteroatoms. The van der Waals surface area contributed by atoms with E-state index in [2.05, 4.69) is 5.10 Å². The third-order valence-corrected chi connectivity index (χ3v) is 5.13. The van der Waals surface area contributed by atoms with Gasteiger partial charge in [-0.2, -0.15) is 0 Å². The fourth-order valence-corrected chi connectivity index (χ4v) is 3.64. The molecule has 0 bridgehead atoms. The van der Waals surface area contributed by atoms with Crippen LogP contribution >= 0.6 is 0 Å². The summed E-state index contributed by atoms with van der Waals surface area (Å²) in [6, 6.07) is 7.72. The molecule has 3 heterocycles. The summed E-state index contributed by atoms with van der Waals surface area (Å²) in [4.78, 5) is 31.9. The summed E-state index contributed by atoms with van der Waals surface area (Å²) in [6.07, 6.45) is 4.16. The minimum Gasteiger partial charge on any atom is -0.341 e. The van der Waals surface area contributed by atoms with Gasteiger partial charge in [-0.3, -0.25) is 4.79 Å². The predicted molar refractivity (Wildman–Crippen MR) is 92.5 cm³/mol. The van der Waals surface area contributed by atoms with Crippen LogP contribution in [0.3, 0.4) is 0 Å². The zero-order valence-corrected chi connectivity index (χ0v) is 13.9. The Morgan fingerprint density at radius 3 is 2.68 bits per heavy atom. The molecule has 25 heavy (non-hydrogen) atoms. The second-order valence-electron chi connectivity index (χ2n) is 6.95. The van der Waals surface area contributed by atoms with Crippen molar-refractivity contribution in [1.29, 1.82) is 0 Å². The van der Waals surface area contributed by atoms with Crippen molar-refractivity contribution in [2.45, 2.75) is 38.1 Å². The molecule has 1 aliphatic heterocycles. The average Bonchev–Trinajstić information content (AvgIpc) is 3.22. The molecule has 2 aliphatic rings. The Morgan fingerprint density at radius 2 is 1.92 bits per heavy atom. The lowest BCUT2D eigenvalue weighted by molar-refractivity contribution is -0.131. The lowest BCUT2D eigenvalue weighted by atomic mass is 10.2. The van der Waals surface area contributed by atoms with E-state index in [1.165, 1.54) is 4.68 Å². The standard InChI is InChI=1S/C18H19N5O2/c24-15(21-9-3-4-10-21)11-22-18(25)23-16(12-7-8-12)19-14-6-2-1-5-13(14)17(23)20-22/h1-2,5-6,12H,3-4,7-11H2. The molecule has 128 valence electrons. The SMILES string of the molecule is O=C(Cn1nc2c3ccccc3nc(C3CC3)n2c1=O)N1CCCC1. The molecule has 0 radical (unpaired) electrons. The number of hydrogen-bond donors (Lipinski definition) is 0. The molecule has 3 aromatic rings. The quantitative estimate of drug-likeness (QED) is 0.727. The van der Waals surface area contributed by atoms with Crippen LogP contribution in [0.5, 0.6) is 0 Å². The lowest BCUT2D eigenvalue weighted by Crippen LogP contribution is -2.35. The number of aromatic nitrogens is 4. The number of amides is 1. The minimum atomic E-state index is -0.261. The third-order valence-electron chi connectivity index (χ3n) is 5.13. The predicted octanol–water partition coefficient (Wildman–Crippen LogP) is 1.54. The molecule has 1 amide bonds. The van der Waals surface area contributed by atoms with E-state index < -0.39 is 0 Å². The van der Waals surface area contributed by atoms with E-state index in [9.17, 15) is 9.59 Å². The van der Waals surface area contributed by atoms with Crippen molar-refractivity contribution in [3.63, 3.8) is 0 Å². The number of carbonyl (C=O) groups excluding carboxylic acids is 1. The fraction of sp³-hybridized carbons (Fsp3) is 0.444. The number of nitrogens with zero attached hydrogens (tertiary/aromatic N) is 5. The van der Waals surface area contributed by atoms with E-state index in [-0.39, 0.29) is 18.1 Å². The van der Waals surface area contributed by atoms with Gasteiger partial charge in [0.2, 0.25) is 5.91 Å². The minimum absolute atomic E-state index is 0.00104. The molecule has 0 spiro atoms. The van der Waals surface area contributed by atoms with Crippen molar-refractivity contribution >= 4 is 22.5 Å². The van der Waals surface area contributed by atoms with Crippen molar-refractivity contribution < 1.29 is 4.79 Å². The first kappa shape index (κ1) is 14.6. The van der Waals surface area contributed by atoms with Gasteiger partial charge in [-0.25, -0.2) is 18.9 Å². The fourth-order valence-electron chi connectivity index (χ4n) is 3.64. The molecule has 0 atom stereocenters. The van der Waals surface area contributed by atoms with E-state index in [1.807, 2.05) is 29.2 Å². The molecule has 5 rings (SSSR count). The first-order valence-corrected chi connectivity index (χ1v) is 8.88. The number of rotatable bonds is 3. The normalized spacial score (nSPS) is 17.7. The third kappa shape index (κ3) is 2.33. The summed E-state index contributed by atoms with van der Waals surface area (Å²) in [5.41, 5.74) is 1.19. The van der Waals surface area contributed by atoms with E-state index in [1.54, 1.807) is 4.40 Å². The van der Waals surface area contributed by atoms with Crippen LogP contribution in [0.2, 0.25) is 0 Å². The Morgan fingerprint density at radius 1 is 1.16 bits per heavy atom. The van der Waals surface area contributed by atoms with Crippen LogP contribution in [-0.2, 0) is 11.3 Å². The number of hydrogen-bond acceptors (Lipinski definition) is 4. The maximum absolute atomic E-state index is 12.9. The summed E-state index contributed by atoms with van der Waals surface area (Å²) in [5.74, 6) is 1.06. The Hall–Kier alpha value is -2.70. The second kappa shape index (κ2) is 5.40. The molecule has 1 saturated heterocycles. The maximum Gasteiger partial charge on any atom is 0.352 e. The van der Waals surface area contributed by atoms with Crippen LogP contribution in [-0.4, -0.2) is 43.1 Å². The highest BCUT2D eigenvalue weighted by Crippen LogP contribution is 2.39. The summed E-state index contributed by atoms with van der Waals surface area (Å²) >= 11 is 0. The number of para-hydroxylation sites is 1. The molecular weight excluding hydrogens is 318 g/mol. The zero-order valence-electron chi connectivity index (χ0n) is 13.9. The molecule has 2 aromatic heterocycles. The first-order valence-electron chi connectivity index (χ1n) is 8.88. The van der Waals surface area contributed by atoms with Crippen molar-refractivity contribution in [3.05, 3.63) is 40.6 Å². The zero-order chi connectivity index (χ0) is 17.0. The summed E-state index contributed by atoms with van der Waals surface area (Å²) < 4.78 is 2.91. The van der Waals surface area contributed by atoms with E-state index in [0.717, 1.165) is 55.5 Å². The van der Waals surface area contributed by atoms with Crippen molar-refractivity contribution in [2.75, 3.05) is 13.1 Å². The second-order valence-corrected chi connectivity index (χ2v) is 6.95. The molecule has 1 saturated carbocycles. The van der Waals surface area contributed by atoms with Crippen molar-refractivity contribution in [1.82, 2.24) is 24.1 Å². The van der Waals surface area contributed by atoms with Gasteiger partial charge in [-0.05, 0) is 37.8 Å². The van der Waals surface area contributed by atoms with Crippen molar-refractivity contribution in [3.8, 4) is 0 Å². The van der Waals surface area contributed by atoms with Gasteiger partial charge in [-0.15, -0.1) is 5.10 Å². The molecule has 0 N–H and O–H groups in total. The molecular formula is C18H19N5O2. The van der Waals surface area contributed by atoms with Crippen molar-refractivity contribution in [2.24, 2.45) is 0 Å². The van der Waals surface area contributed by atoms with E-state index >= 15 is 0 Å².